The van der Waals surface area contributed by atoms with Crippen LogP contribution in [0.2, 0.25) is 0 Å². The van der Waals surface area contributed by atoms with Gasteiger partial charge in [0.2, 0.25) is 12.7 Å². The van der Waals surface area contributed by atoms with E-state index in [9.17, 15) is 4.79 Å². The number of benzene rings is 2. The maximum atomic E-state index is 11.5. The van der Waals surface area contributed by atoms with Crippen LogP contribution in [-0.2, 0) is 17.8 Å². The van der Waals surface area contributed by atoms with Crippen LogP contribution in [-0.4, -0.2) is 31.8 Å². The minimum Gasteiger partial charge on any atom is -0.454 e. The summed E-state index contributed by atoms with van der Waals surface area (Å²) in [5, 5.41) is 6.86. The molecule has 5 aromatic rings. The summed E-state index contributed by atoms with van der Waals surface area (Å²) >= 11 is 2.78. The molecule has 0 saturated carbocycles. The van der Waals surface area contributed by atoms with E-state index in [2.05, 4.69) is 8.75 Å². The molecule has 0 N–H and O–H groups in total. The largest absolute Gasteiger partial charge is 0.454 e. The molecule has 0 spiro atoms. The molecule has 0 atom stereocenters. The van der Waals surface area contributed by atoms with Crippen molar-refractivity contribution in [2.24, 2.45) is 0 Å². The predicted molar refractivity (Wildman–Crippen MR) is 124 cm³/mol. The number of aromatic nitrogens is 4. The summed E-state index contributed by atoms with van der Waals surface area (Å²) in [7, 11) is 0. The van der Waals surface area contributed by atoms with Gasteiger partial charge in [-0.25, -0.2) is 4.68 Å². The lowest BCUT2D eigenvalue weighted by molar-refractivity contribution is -0.121. The molecule has 1 aliphatic heterocycles. The van der Waals surface area contributed by atoms with Crippen LogP contribution in [0.5, 0.6) is 17.4 Å². The molecule has 8 nitrogen and oxygen atoms in total. The molecule has 33 heavy (non-hydrogen) atoms. The molecule has 2 aromatic carbocycles. The molecule has 6 rings (SSSR count). The zero-order valence-electron chi connectivity index (χ0n) is 17.1. The van der Waals surface area contributed by atoms with Crippen molar-refractivity contribution in [1.29, 1.82) is 0 Å². The summed E-state index contributed by atoms with van der Waals surface area (Å²) in [6, 6.07) is 15.7. The third kappa shape index (κ3) is 3.73. The van der Waals surface area contributed by atoms with Crippen molar-refractivity contribution in [2.45, 2.75) is 13.0 Å². The maximum Gasteiger partial charge on any atom is 0.299 e. The van der Waals surface area contributed by atoms with Gasteiger partial charge < -0.3 is 14.2 Å². The Morgan fingerprint density at radius 1 is 1.03 bits per heavy atom. The van der Waals surface area contributed by atoms with Gasteiger partial charge in [0.05, 0.1) is 23.2 Å². The molecule has 1 aliphatic rings. The minimum absolute atomic E-state index is 0.214. The van der Waals surface area contributed by atoms with E-state index in [-0.39, 0.29) is 6.79 Å². The lowest BCUT2D eigenvalue weighted by atomic mass is 10.0. The van der Waals surface area contributed by atoms with E-state index in [4.69, 9.17) is 19.3 Å². The number of hydrogen-bond donors (Lipinski definition) is 0. The first kappa shape index (κ1) is 19.9. The highest BCUT2D eigenvalue weighted by Crippen LogP contribution is 2.37. The van der Waals surface area contributed by atoms with E-state index in [1.54, 1.807) is 16.0 Å². The number of fused-ring (bicyclic) bond motifs is 2. The molecule has 0 aliphatic carbocycles. The summed E-state index contributed by atoms with van der Waals surface area (Å²) < 4.78 is 26.7. The fraction of sp³-hybridized carbons (Fsp3) is 0.130. The Labute approximate surface area is 196 Å². The Kier molecular flexibility index (Phi) is 5.00. The van der Waals surface area contributed by atoms with Crippen molar-refractivity contribution in [3.63, 3.8) is 0 Å². The van der Waals surface area contributed by atoms with E-state index in [1.165, 1.54) is 11.7 Å². The van der Waals surface area contributed by atoms with Crippen LogP contribution >= 0.6 is 23.1 Å². The third-order valence-corrected chi connectivity index (χ3v) is 6.82. The molecule has 3 aromatic heterocycles. The Morgan fingerprint density at radius 3 is 2.79 bits per heavy atom. The van der Waals surface area contributed by atoms with Crippen molar-refractivity contribution in [3.8, 4) is 28.0 Å². The number of rotatable bonds is 7. The van der Waals surface area contributed by atoms with Crippen LogP contribution < -0.4 is 14.2 Å². The Bertz CT molecular complexity index is 1460. The van der Waals surface area contributed by atoms with Crippen LogP contribution in [0, 0.1) is 0 Å². The van der Waals surface area contributed by atoms with E-state index < -0.39 is 0 Å². The van der Waals surface area contributed by atoms with Gasteiger partial charge in [-0.2, -0.15) is 13.8 Å². The number of carbonyl (C=O) groups is 1. The second-order valence-electron chi connectivity index (χ2n) is 7.43. The Balaban J connectivity index is 1.43. The fourth-order valence-corrected chi connectivity index (χ4v) is 5.15. The van der Waals surface area contributed by atoms with Gasteiger partial charge in [-0.15, -0.1) is 11.3 Å². The van der Waals surface area contributed by atoms with Crippen molar-refractivity contribution >= 4 is 40.6 Å². The summed E-state index contributed by atoms with van der Waals surface area (Å²) in [5.74, 6) is 1.83. The molecule has 0 amide bonds. The first-order chi connectivity index (χ1) is 16.3. The van der Waals surface area contributed by atoms with Gasteiger partial charge in [-0.05, 0) is 46.8 Å². The van der Waals surface area contributed by atoms with Gasteiger partial charge in [0.15, 0.2) is 11.5 Å². The molecular weight excluding hydrogens is 460 g/mol. The Hall–Kier alpha value is -3.76. The predicted octanol–water partition coefficient (Wildman–Crippen LogP) is 4.52. The summed E-state index contributed by atoms with van der Waals surface area (Å²) in [5.41, 5.74) is 5.33. The molecule has 164 valence electrons. The summed E-state index contributed by atoms with van der Waals surface area (Å²) in [6.45, 7) is 1.07. The third-order valence-electron chi connectivity index (χ3n) is 5.38. The van der Waals surface area contributed by atoms with Crippen molar-refractivity contribution < 1.29 is 19.0 Å². The van der Waals surface area contributed by atoms with Crippen LogP contribution in [0.1, 0.15) is 16.7 Å². The van der Waals surface area contributed by atoms with Gasteiger partial charge >= 0.3 is 0 Å². The lowest BCUT2D eigenvalue weighted by Crippen LogP contribution is -2.06. The van der Waals surface area contributed by atoms with Gasteiger partial charge in [0.1, 0.15) is 16.7 Å². The first-order valence-electron chi connectivity index (χ1n) is 10.1. The average molecular weight is 477 g/mol. The number of thiophene rings is 1. The highest BCUT2D eigenvalue weighted by molar-refractivity contribution is 7.13. The summed E-state index contributed by atoms with van der Waals surface area (Å²) in [6.07, 6.45) is 0.533. The SMILES string of the molecule is O=COc1c(Cc2ccc3nsnc3c2)c(-c2cccs2)nn1Cc1ccc2c(c1)OCO2. The van der Waals surface area contributed by atoms with Crippen LogP contribution in [0.4, 0.5) is 0 Å². The zero-order chi connectivity index (χ0) is 22.2. The van der Waals surface area contributed by atoms with Gasteiger partial charge in [-0.3, -0.25) is 4.79 Å². The van der Waals surface area contributed by atoms with E-state index in [0.717, 1.165) is 44.0 Å². The second kappa shape index (κ2) is 8.30. The van der Waals surface area contributed by atoms with Crippen molar-refractivity contribution in [3.05, 3.63) is 70.6 Å². The second-order valence-corrected chi connectivity index (χ2v) is 8.91. The quantitative estimate of drug-likeness (QED) is 0.319. The van der Waals surface area contributed by atoms with E-state index in [0.29, 0.717) is 31.1 Å². The van der Waals surface area contributed by atoms with Gasteiger partial charge in [-0.1, -0.05) is 18.2 Å². The van der Waals surface area contributed by atoms with Gasteiger partial charge in [0, 0.05) is 12.0 Å². The summed E-state index contributed by atoms with van der Waals surface area (Å²) in [4.78, 5) is 12.5. The van der Waals surface area contributed by atoms with E-state index in [1.807, 2.05) is 53.9 Å². The number of carbonyl (C=O) groups excluding carboxylic acids is 1. The molecule has 0 unspecified atom stereocenters. The number of hydrogen-bond acceptors (Lipinski definition) is 9. The number of ether oxygens (including phenoxy) is 3. The van der Waals surface area contributed by atoms with Crippen LogP contribution in [0.25, 0.3) is 21.6 Å². The minimum atomic E-state index is 0.214. The normalized spacial score (nSPS) is 12.4. The fourth-order valence-electron chi connectivity index (χ4n) is 3.89. The molecule has 0 fully saturated rings. The maximum absolute atomic E-state index is 11.5. The van der Waals surface area contributed by atoms with Gasteiger partial charge in [0.25, 0.3) is 6.47 Å². The molecule has 0 bridgehead atoms. The highest BCUT2D eigenvalue weighted by Gasteiger charge is 2.23. The smallest absolute Gasteiger partial charge is 0.299 e. The zero-order valence-corrected chi connectivity index (χ0v) is 18.8. The standard InChI is InChI=1S/C23H16N4O4S2/c28-12-29-23-16(8-14-3-5-17-18(9-14)26-33-25-17)22(21-2-1-7-32-21)24-27(23)11-15-4-6-19-20(10-15)31-13-30-19/h1-7,9-10,12H,8,11,13H2. The lowest BCUT2D eigenvalue weighted by Gasteiger charge is -2.08. The first-order valence-corrected chi connectivity index (χ1v) is 11.7. The molecule has 0 radical (unpaired) electrons. The molecular formula is C23H16N4O4S2. The highest BCUT2D eigenvalue weighted by atomic mass is 32.1. The Morgan fingerprint density at radius 2 is 1.91 bits per heavy atom. The monoisotopic (exact) mass is 476 g/mol. The number of nitrogens with zero attached hydrogens (tertiary/aromatic N) is 4. The van der Waals surface area contributed by atoms with Crippen molar-refractivity contribution in [1.82, 2.24) is 18.5 Å². The molecule has 4 heterocycles. The van der Waals surface area contributed by atoms with Crippen molar-refractivity contribution in [2.75, 3.05) is 6.79 Å². The van der Waals surface area contributed by atoms with Crippen LogP contribution in [0.3, 0.4) is 0 Å². The molecule has 10 heteroatoms. The average Bonchev–Trinajstić information content (AvgIpc) is 3.62. The van der Waals surface area contributed by atoms with E-state index >= 15 is 0 Å². The molecule has 0 saturated heterocycles. The van der Waals surface area contributed by atoms with Crippen LogP contribution in [0.15, 0.2) is 53.9 Å². The topological polar surface area (TPSA) is 88.4 Å².